The lowest BCUT2D eigenvalue weighted by Crippen LogP contribution is -2.09. The molecule has 0 unspecified atom stereocenters. The molecule has 0 radical (unpaired) electrons. The first-order valence-corrected chi connectivity index (χ1v) is 10.1. The Bertz CT molecular complexity index is 844. The van der Waals surface area contributed by atoms with Crippen LogP contribution in [0.2, 0.25) is 0 Å². The van der Waals surface area contributed by atoms with Crippen LogP contribution in [0, 0.1) is 0 Å². The van der Waals surface area contributed by atoms with Gasteiger partial charge < -0.3 is 13.8 Å². The molecule has 0 aromatic carbocycles. The maximum atomic E-state index is 12.0. The molecular formula is C16H19N5O3S2. The van der Waals surface area contributed by atoms with E-state index in [1.807, 2.05) is 35.9 Å². The third kappa shape index (κ3) is 4.50. The third-order valence-electron chi connectivity index (χ3n) is 3.43. The number of aromatic nitrogens is 5. The summed E-state index contributed by atoms with van der Waals surface area (Å²) in [4.78, 5) is 17.2. The molecule has 10 heteroatoms. The number of thioether (sulfide) groups is 1. The topological polar surface area (TPSA) is 95.9 Å². The fourth-order valence-corrected chi connectivity index (χ4v) is 3.77. The standard InChI is InChI=1S/C16H19N5O3S2/c1-3-6-12-17-13(24-20-12)9-23-14(22)10-26-16-19-18-15(21(16)4-2)11-7-5-8-25-11/h5,7-8H,3-4,6,9-10H2,1-2H3. The molecule has 3 aromatic heterocycles. The minimum Gasteiger partial charge on any atom is -0.455 e. The van der Waals surface area contributed by atoms with Crippen molar-refractivity contribution in [2.24, 2.45) is 0 Å². The Labute approximate surface area is 159 Å². The number of ether oxygens (including phenoxy) is 1. The van der Waals surface area contributed by atoms with Crippen molar-refractivity contribution in [3.05, 3.63) is 29.2 Å². The summed E-state index contributed by atoms with van der Waals surface area (Å²) in [5, 5.41) is 14.9. The van der Waals surface area contributed by atoms with Crippen molar-refractivity contribution in [1.29, 1.82) is 0 Å². The van der Waals surface area contributed by atoms with Gasteiger partial charge in [0.2, 0.25) is 0 Å². The highest BCUT2D eigenvalue weighted by atomic mass is 32.2. The van der Waals surface area contributed by atoms with Gasteiger partial charge in [0.15, 0.2) is 23.4 Å². The van der Waals surface area contributed by atoms with Crippen LogP contribution in [0.3, 0.4) is 0 Å². The molecular weight excluding hydrogens is 374 g/mol. The maximum absolute atomic E-state index is 12.0. The van der Waals surface area contributed by atoms with E-state index in [0.29, 0.717) is 16.9 Å². The van der Waals surface area contributed by atoms with Crippen LogP contribution in [-0.2, 0) is 29.1 Å². The second-order valence-corrected chi connectivity index (χ2v) is 7.22. The Morgan fingerprint density at radius 2 is 2.27 bits per heavy atom. The number of aryl methyl sites for hydroxylation is 1. The van der Waals surface area contributed by atoms with Gasteiger partial charge in [0.1, 0.15) is 0 Å². The summed E-state index contributed by atoms with van der Waals surface area (Å²) in [5.74, 6) is 1.52. The quantitative estimate of drug-likeness (QED) is 0.404. The molecule has 0 bridgehead atoms. The lowest BCUT2D eigenvalue weighted by atomic mass is 10.3. The van der Waals surface area contributed by atoms with E-state index in [2.05, 4.69) is 20.3 Å². The molecule has 0 aliphatic carbocycles. The molecule has 0 spiro atoms. The van der Waals surface area contributed by atoms with Crippen molar-refractivity contribution in [3.63, 3.8) is 0 Å². The van der Waals surface area contributed by atoms with Gasteiger partial charge in [0.05, 0.1) is 10.6 Å². The molecule has 3 rings (SSSR count). The van der Waals surface area contributed by atoms with Gasteiger partial charge in [-0.05, 0) is 24.8 Å². The number of carbonyl (C=O) groups excluding carboxylic acids is 1. The van der Waals surface area contributed by atoms with E-state index in [1.54, 1.807) is 11.3 Å². The van der Waals surface area contributed by atoms with Crippen molar-refractivity contribution in [2.45, 2.75) is 45.0 Å². The molecule has 3 heterocycles. The van der Waals surface area contributed by atoms with E-state index in [9.17, 15) is 4.79 Å². The summed E-state index contributed by atoms with van der Waals surface area (Å²) in [6.07, 6.45) is 1.67. The number of hydrogen-bond donors (Lipinski definition) is 0. The van der Waals surface area contributed by atoms with E-state index in [4.69, 9.17) is 9.26 Å². The first-order valence-electron chi connectivity index (χ1n) is 8.28. The summed E-state index contributed by atoms with van der Waals surface area (Å²) in [6, 6.07) is 3.98. The lowest BCUT2D eigenvalue weighted by molar-refractivity contribution is -0.142. The Morgan fingerprint density at radius 1 is 1.38 bits per heavy atom. The molecule has 0 N–H and O–H groups in total. The fraction of sp³-hybridized carbons (Fsp3) is 0.438. The molecule has 3 aromatic rings. The largest absolute Gasteiger partial charge is 0.455 e. The third-order valence-corrected chi connectivity index (χ3v) is 5.24. The van der Waals surface area contributed by atoms with Crippen LogP contribution in [0.1, 0.15) is 32.0 Å². The Morgan fingerprint density at radius 3 is 3.00 bits per heavy atom. The fourth-order valence-electron chi connectivity index (χ4n) is 2.25. The average Bonchev–Trinajstić information content (AvgIpc) is 3.38. The van der Waals surface area contributed by atoms with Gasteiger partial charge in [-0.3, -0.25) is 4.79 Å². The van der Waals surface area contributed by atoms with Crippen LogP contribution in [0.4, 0.5) is 0 Å². The minimum absolute atomic E-state index is 0.0168. The molecule has 0 fully saturated rings. The molecule has 0 atom stereocenters. The number of nitrogens with zero attached hydrogens (tertiary/aromatic N) is 5. The van der Waals surface area contributed by atoms with Gasteiger partial charge in [0.25, 0.3) is 5.89 Å². The van der Waals surface area contributed by atoms with Crippen LogP contribution in [0.25, 0.3) is 10.7 Å². The highest BCUT2D eigenvalue weighted by molar-refractivity contribution is 7.99. The van der Waals surface area contributed by atoms with Crippen molar-refractivity contribution < 1.29 is 14.1 Å². The zero-order valence-corrected chi connectivity index (χ0v) is 16.2. The maximum Gasteiger partial charge on any atom is 0.316 e. The molecule has 8 nitrogen and oxygen atoms in total. The number of carbonyl (C=O) groups is 1. The van der Waals surface area contributed by atoms with Gasteiger partial charge in [0, 0.05) is 13.0 Å². The zero-order chi connectivity index (χ0) is 18.4. The summed E-state index contributed by atoms with van der Waals surface area (Å²) >= 11 is 2.91. The van der Waals surface area contributed by atoms with Crippen LogP contribution < -0.4 is 0 Å². The molecule has 138 valence electrons. The smallest absolute Gasteiger partial charge is 0.316 e. The molecule has 0 saturated heterocycles. The van der Waals surface area contributed by atoms with Crippen LogP contribution in [-0.4, -0.2) is 36.6 Å². The van der Waals surface area contributed by atoms with Crippen molar-refractivity contribution in [1.82, 2.24) is 24.9 Å². The van der Waals surface area contributed by atoms with Gasteiger partial charge >= 0.3 is 5.97 Å². The normalized spacial score (nSPS) is 11.0. The molecule has 0 saturated carbocycles. The van der Waals surface area contributed by atoms with E-state index in [0.717, 1.165) is 30.1 Å². The van der Waals surface area contributed by atoms with Crippen LogP contribution in [0.15, 0.2) is 27.2 Å². The molecule has 0 amide bonds. The summed E-state index contributed by atoms with van der Waals surface area (Å²) in [6.45, 7) is 4.76. The lowest BCUT2D eigenvalue weighted by Gasteiger charge is -2.06. The first kappa shape index (κ1) is 18.6. The van der Waals surface area contributed by atoms with Gasteiger partial charge in [-0.25, -0.2) is 0 Å². The monoisotopic (exact) mass is 393 g/mol. The van der Waals surface area contributed by atoms with Gasteiger partial charge in [-0.1, -0.05) is 29.9 Å². The Kier molecular flexibility index (Phi) is 6.40. The van der Waals surface area contributed by atoms with Crippen LogP contribution in [0.5, 0.6) is 0 Å². The molecule has 26 heavy (non-hydrogen) atoms. The SMILES string of the molecule is CCCc1noc(COC(=O)CSc2nnc(-c3cccs3)n2CC)n1. The van der Waals surface area contributed by atoms with E-state index in [1.165, 1.54) is 11.8 Å². The summed E-state index contributed by atoms with van der Waals surface area (Å²) < 4.78 is 12.2. The first-order chi connectivity index (χ1) is 12.7. The molecule has 0 aliphatic heterocycles. The summed E-state index contributed by atoms with van der Waals surface area (Å²) in [7, 11) is 0. The summed E-state index contributed by atoms with van der Waals surface area (Å²) in [5.41, 5.74) is 0. The van der Waals surface area contributed by atoms with E-state index in [-0.39, 0.29) is 18.3 Å². The van der Waals surface area contributed by atoms with Gasteiger partial charge in [-0.15, -0.1) is 21.5 Å². The van der Waals surface area contributed by atoms with Crippen molar-refractivity contribution in [3.8, 4) is 10.7 Å². The number of rotatable bonds is 9. The number of hydrogen-bond acceptors (Lipinski definition) is 9. The van der Waals surface area contributed by atoms with Crippen LogP contribution >= 0.6 is 23.1 Å². The Hall–Kier alpha value is -2.20. The Balaban J connectivity index is 1.53. The number of esters is 1. The second-order valence-electron chi connectivity index (χ2n) is 5.33. The zero-order valence-electron chi connectivity index (χ0n) is 14.5. The minimum atomic E-state index is -0.367. The predicted octanol–water partition coefficient (Wildman–Crippen LogP) is 3.20. The number of thiophene rings is 1. The average molecular weight is 393 g/mol. The second kappa shape index (κ2) is 8.95. The predicted molar refractivity (Wildman–Crippen MR) is 97.8 cm³/mol. The highest BCUT2D eigenvalue weighted by Gasteiger charge is 2.16. The van der Waals surface area contributed by atoms with Gasteiger partial charge in [-0.2, -0.15) is 4.98 Å². The van der Waals surface area contributed by atoms with Crippen molar-refractivity contribution >= 4 is 29.1 Å². The molecule has 0 aliphatic rings. The van der Waals surface area contributed by atoms with E-state index >= 15 is 0 Å². The van der Waals surface area contributed by atoms with Crippen molar-refractivity contribution in [2.75, 3.05) is 5.75 Å². The highest BCUT2D eigenvalue weighted by Crippen LogP contribution is 2.27. The van der Waals surface area contributed by atoms with E-state index < -0.39 is 0 Å².